The largest absolute Gasteiger partial charge is 0.360 e. The van der Waals surface area contributed by atoms with Crippen molar-refractivity contribution in [3.63, 3.8) is 0 Å². The average molecular weight is 355 g/mol. The van der Waals surface area contributed by atoms with Crippen molar-refractivity contribution in [2.75, 3.05) is 0 Å². The third kappa shape index (κ3) is 3.46. The van der Waals surface area contributed by atoms with Crippen molar-refractivity contribution in [2.24, 2.45) is 5.10 Å². The molecule has 3 aromatic heterocycles. The van der Waals surface area contributed by atoms with Crippen LogP contribution in [0.25, 0.3) is 22.2 Å². The Hall–Kier alpha value is -3.80. The third-order valence-corrected chi connectivity index (χ3v) is 4.25. The van der Waals surface area contributed by atoms with Gasteiger partial charge >= 0.3 is 0 Å². The number of fused-ring (bicyclic) bond motifs is 1. The van der Waals surface area contributed by atoms with Crippen molar-refractivity contribution < 1.29 is 4.79 Å². The summed E-state index contributed by atoms with van der Waals surface area (Å²) in [5, 5.41) is 4.99. The van der Waals surface area contributed by atoms with Crippen LogP contribution in [0.15, 0.2) is 78.3 Å². The molecule has 27 heavy (non-hydrogen) atoms. The minimum atomic E-state index is -0.283. The van der Waals surface area contributed by atoms with Gasteiger partial charge in [-0.15, -0.1) is 0 Å². The van der Waals surface area contributed by atoms with E-state index in [-0.39, 0.29) is 5.91 Å². The lowest BCUT2D eigenvalue weighted by atomic mass is 10.0. The number of rotatable bonds is 4. The number of nitrogens with one attached hydrogen (secondary N) is 2. The van der Waals surface area contributed by atoms with Gasteiger partial charge in [0.25, 0.3) is 5.91 Å². The molecule has 0 bridgehead atoms. The summed E-state index contributed by atoms with van der Waals surface area (Å²) >= 11 is 0. The highest BCUT2D eigenvalue weighted by molar-refractivity contribution is 6.08. The Morgan fingerprint density at radius 1 is 1.07 bits per heavy atom. The molecule has 0 aliphatic rings. The lowest BCUT2D eigenvalue weighted by Gasteiger charge is -2.09. The molecular formula is C21H17N5O. The number of amides is 1. The Morgan fingerprint density at radius 3 is 2.67 bits per heavy atom. The van der Waals surface area contributed by atoms with Crippen LogP contribution in [0.3, 0.4) is 0 Å². The lowest BCUT2D eigenvalue weighted by Crippen LogP contribution is -2.20. The van der Waals surface area contributed by atoms with Crippen LogP contribution in [-0.4, -0.2) is 26.6 Å². The van der Waals surface area contributed by atoms with E-state index in [0.717, 1.165) is 22.2 Å². The van der Waals surface area contributed by atoms with Crippen LogP contribution in [0, 0.1) is 0 Å². The van der Waals surface area contributed by atoms with Gasteiger partial charge in [-0.2, -0.15) is 5.10 Å². The highest BCUT2D eigenvalue weighted by Crippen LogP contribution is 2.24. The van der Waals surface area contributed by atoms with Crippen molar-refractivity contribution in [1.82, 2.24) is 20.4 Å². The van der Waals surface area contributed by atoms with E-state index < -0.39 is 0 Å². The highest BCUT2D eigenvalue weighted by Gasteiger charge is 2.14. The minimum absolute atomic E-state index is 0.283. The molecule has 0 fully saturated rings. The molecule has 4 rings (SSSR count). The zero-order chi connectivity index (χ0) is 18.6. The quantitative estimate of drug-likeness (QED) is 0.432. The second-order valence-corrected chi connectivity index (χ2v) is 6.03. The lowest BCUT2D eigenvalue weighted by molar-refractivity contribution is 0.0956. The molecule has 4 aromatic rings. The number of carbonyl (C=O) groups is 1. The van der Waals surface area contributed by atoms with Crippen LogP contribution in [0.5, 0.6) is 0 Å². The summed E-state index contributed by atoms with van der Waals surface area (Å²) in [4.78, 5) is 24.6. The fourth-order valence-electron chi connectivity index (χ4n) is 2.84. The number of aromatic nitrogens is 3. The number of hydrogen-bond donors (Lipinski definition) is 2. The number of carbonyl (C=O) groups excluding carboxylic acids is 1. The number of H-pyrrole nitrogens is 1. The zero-order valence-electron chi connectivity index (χ0n) is 14.7. The molecule has 132 valence electrons. The van der Waals surface area contributed by atoms with E-state index in [4.69, 9.17) is 0 Å². The van der Waals surface area contributed by atoms with Crippen molar-refractivity contribution in [1.29, 1.82) is 0 Å². The van der Waals surface area contributed by atoms with Gasteiger partial charge < -0.3 is 4.98 Å². The fourth-order valence-corrected chi connectivity index (χ4v) is 2.84. The Morgan fingerprint density at radius 2 is 1.89 bits per heavy atom. The van der Waals surface area contributed by atoms with E-state index in [1.54, 1.807) is 18.5 Å². The summed E-state index contributed by atoms with van der Waals surface area (Å²) in [5.74, 6) is -0.283. The van der Waals surface area contributed by atoms with E-state index >= 15 is 0 Å². The maximum absolute atomic E-state index is 12.8. The first-order valence-corrected chi connectivity index (χ1v) is 8.51. The van der Waals surface area contributed by atoms with Crippen LogP contribution < -0.4 is 5.43 Å². The van der Waals surface area contributed by atoms with Gasteiger partial charge in [0.05, 0.1) is 28.2 Å². The summed E-state index contributed by atoms with van der Waals surface area (Å²) in [6, 6.07) is 16.9. The number of pyridine rings is 2. The zero-order valence-corrected chi connectivity index (χ0v) is 14.7. The van der Waals surface area contributed by atoms with Crippen molar-refractivity contribution in [3.05, 3.63) is 84.4 Å². The number of benzene rings is 1. The predicted molar refractivity (Wildman–Crippen MR) is 105 cm³/mol. The number of aromatic amines is 1. The molecule has 6 heteroatoms. The normalized spacial score (nSPS) is 11.5. The molecule has 0 atom stereocenters. The molecule has 2 N–H and O–H groups in total. The number of hydrazone groups is 1. The number of hydrogen-bond acceptors (Lipinski definition) is 4. The molecule has 0 radical (unpaired) electrons. The highest BCUT2D eigenvalue weighted by atomic mass is 16.2. The monoisotopic (exact) mass is 355 g/mol. The third-order valence-electron chi connectivity index (χ3n) is 4.25. The second-order valence-electron chi connectivity index (χ2n) is 6.03. The van der Waals surface area contributed by atoms with Crippen molar-refractivity contribution in [3.8, 4) is 11.3 Å². The maximum atomic E-state index is 12.8. The van der Waals surface area contributed by atoms with E-state index in [0.29, 0.717) is 17.0 Å². The van der Waals surface area contributed by atoms with Crippen molar-refractivity contribution >= 4 is 22.5 Å². The van der Waals surface area contributed by atoms with E-state index in [9.17, 15) is 4.79 Å². The maximum Gasteiger partial charge on any atom is 0.272 e. The summed E-state index contributed by atoms with van der Waals surface area (Å²) in [6.45, 7) is 1.83. The van der Waals surface area contributed by atoms with Crippen LogP contribution in [0.2, 0.25) is 0 Å². The molecule has 0 saturated carbocycles. The first-order valence-electron chi connectivity index (χ1n) is 8.51. The van der Waals surface area contributed by atoms with Gasteiger partial charge in [0, 0.05) is 29.5 Å². The fraction of sp³-hybridized carbons (Fsp3) is 0.0476. The van der Waals surface area contributed by atoms with Gasteiger partial charge in [0.2, 0.25) is 0 Å². The summed E-state index contributed by atoms with van der Waals surface area (Å²) < 4.78 is 0. The average Bonchev–Trinajstić information content (AvgIpc) is 3.26. The second kappa shape index (κ2) is 7.21. The number of nitrogens with zero attached hydrogens (tertiary/aromatic N) is 3. The van der Waals surface area contributed by atoms with Crippen molar-refractivity contribution in [2.45, 2.75) is 6.92 Å². The molecule has 6 nitrogen and oxygen atoms in total. The standard InChI is InChI=1S/C21H17N5O/c1-14(18-7-4-10-23-18)25-26-21(27)17-13-20(15-8-11-22-12-9-15)24-19-6-3-2-5-16(17)19/h2-13,23H,1H3,(H,26,27)/b25-14+. The van der Waals surface area contributed by atoms with Crippen LogP contribution in [-0.2, 0) is 0 Å². The van der Waals surface area contributed by atoms with Gasteiger partial charge in [0.15, 0.2) is 0 Å². The molecular weight excluding hydrogens is 338 g/mol. The van der Waals surface area contributed by atoms with E-state index in [1.165, 1.54) is 0 Å². The number of para-hydroxylation sites is 1. The van der Waals surface area contributed by atoms with E-state index in [1.807, 2.05) is 61.7 Å². The van der Waals surface area contributed by atoms with Crippen LogP contribution in [0.1, 0.15) is 23.0 Å². The molecule has 0 aliphatic carbocycles. The Kier molecular flexibility index (Phi) is 4.45. The molecule has 0 spiro atoms. The summed E-state index contributed by atoms with van der Waals surface area (Å²) in [7, 11) is 0. The molecule has 0 saturated heterocycles. The summed E-state index contributed by atoms with van der Waals surface area (Å²) in [6.07, 6.45) is 5.22. The molecule has 0 aliphatic heterocycles. The molecule has 0 unspecified atom stereocenters. The Labute approximate surface area is 156 Å². The van der Waals surface area contributed by atoms with Gasteiger partial charge in [0.1, 0.15) is 0 Å². The summed E-state index contributed by atoms with van der Waals surface area (Å²) in [5.41, 5.74) is 7.08. The van der Waals surface area contributed by atoms with Gasteiger partial charge in [-0.1, -0.05) is 18.2 Å². The van der Waals surface area contributed by atoms with Crippen LogP contribution in [0.4, 0.5) is 0 Å². The first kappa shape index (κ1) is 16.7. The van der Waals surface area contributed by atoms with Gasteiger partial charge in [-0.25, -0.2) is 10.4 Å². The predicted octanol–water partition coefficient (Wildman–Crippen LogP) is 3.78. The smallest absolute Gasteiger partial charge is 0.272 e. The SMILES string of the molecule is C/C(=N\NC(=O)c1cc(-c2ccncc2)nc2ccccc12)c1ccc[nH]1. The molecule has 1 amide bonds. The molecule has 3 heterocycles. The topological polar surface area (TPSA) is 83.0 Å². The van der Waals surface area contributed by atoms with Gasteiger partial charge in [-0.3, -0.25) is 9.78 Å². The first-order chi connectivity index (χ1) is 13.2. The molecule has 1 aromatic carbocycles. The Balaban J connectivity index is 1.73. The van der Waals surface area contributed by atoms with Gasteiger partial charge in [-0.05, 0) is 43.3 Å². The van der Waals surface area contributed by atoms with E-state index in [2.05, 4.69) is 25.5 Å². The minimum Gasteiger partial charge on any atom is -0.360 e. The Bertz CT molecular complexity index is 1120. The van der Waals surface area contributed by atoms with Crippen LogP contribution >= 0.6 is 0 Å².